The van der Waals surface area contributed by atoms with Crippen LogP contribution in [0.1, 0.15) is 6.99 Å². The lowest BCUT2D eigenvalue weighted by molar-refractivity contribution is 1.20. The van der Waals surface area contributed by atoms with Gasteiger partial charge in [0.05, 0.1) is 0 Å². The second-order valence-electron chi connectivity index (χ2n) is 2.26. The average molecular weight is 135 g/mol. The lowest BCUT2D eigenvalue weighted by atomic mass is 10.3. The van der Waals surface area contributed by atoms with Gasteiger partial charge in [-0.25, -0.2) is 9.97 Å². The van der Waals surface area contributed by atoms with Crippen LogP contribution < -0.4 is 0 Å². The van der Waals surface area contributed by atoms with Crippen molar-refractivity contribution in [3.05, 3.63) is 24.3 Å². The van der Waals surface area contributed by atoms with Gasteiger partial charge in [0.15, 0.2) is 0 Å². The van der Waals surface area contributed by atoms with Crippen molar-refractivity contribution in [2.24, 2.45) is 0 Å². The Labute approximate surface area is 59.6 Å². The lowest BCUT2D eigenvalue weighted by Crippen LogP contribution is -1.76. The quantitative estimate of drug-likeness (QED) is 0.595. The third kappa shape index (κ3) is 0.603. The summed E-state index contributed by atoms with van der Waals surface area (Å²) in [5, 5.41) is 1.10. The van der Waals surface area contributed by atoms with Gasteiger partial charge in [-0.1, -0.05) is 0 Å². The highest BCUT2D eigenvalue weighted by molar-refractivity contribution is 5.77. The normalized spacial score (nSPS) is 10.5. The van der Waals surface area contributed by atoms with Gasteiger partial charge >= 0.3 is 0 Å². The topological polar surface area (TPSA) is 41.6 Å². The van der Waals surface area contributed by atoms with E-state index < -0.39 is 0 Å². The molecule has 0 bridgehead atoms. The van der Waals surface area contributed by atoms with Crippen LogP contribution in [0, 0.1) is 6.92 Å². The standard InChI is InChI=1S/C7H7N3.H2/c1-5-2-9-7-6(5)3-8-4-10-7;/h2-4H,1H3,(H,8,9,10);1H. The predicted molar refractivity (Wildman–Crippen MR) is 40.7 cm³/mol. The Morgan fingerprint density at radius 3 is 3.30 bits per heavy atom. The summed E-state index contributed by atoms with van der Waals surface area (Å²) in [5.74, 6) is 0. The zero-order valence-corrected chi connectivity index (χ0v) is 5.63. The van der Waals surface area contributed by atoms with E-state index in [1.165, 1.54) is 11.9 Å². The summed E-state index contributed by atoms with van der Waals surface area (Å²) in [4.78, 5) is 11.0. The number of H-pyrrole nitrogens is 1. The Kier molecular flexibility index (Phi) is 0.974. The van der Waals surface area contributed by atoms with Crippen LogP contribution >= 0.6 is 0 Å². The molecule has 2 heterocycles. The van der Waals surface area contributed by atoms with Gasteiger partial charge in [0, 0.05) is 19.2 Å². The third-order valence-electron chi connectivity index (χ3n) is 1.56. The van der Waals surface area contributed by atoms with Gasteiger partial charge < -0.3 is 4.98 Å². The summed E-state index contributed by atoms with van der Waals surface area (Å²) in [5.41, 5.74) is 2.10. The van der Waals surface area contributed by atoms with E-state index in [0.717, 1.165) is 11.0 Å². The number of hydrogen-bond donors (Lipinski definition) is 1. The number of aromatic nitrogens is 3. The second kappa shape index (κ2) is 1.80. The smallest absolute Gasteiger partial charge is 0.140 e. The predicted octanol–water partition coefficient (Wildman–Crippen LogP) is 1.51. The zero-order valence-electron chi connectivity index (χ0n) is 5.63. The third-order valence-corrected chi connectivity index (χ3v) is 1.56. The Hall–Kier alpha value is -1.38. The maximum Gasteiger partial charge on any atom is 0.140 e. The van der Waals surface area contributed by atoms with E-state index in [1.54, 1.807) is 0 Å². The molecule has 52 valence electrons. The van der Waals surface area contributed by atoms with Gasteiger partial charge in [0.25, 0.3) is 0 Å². The molecule has 1 N–H and O–H groups in total. The number of aromatic amines is 1. The van der Waals surface area contributed by atoms with Crippen molar-refractivity contribution in [1.82, 2.24) is 15.0 Å². The highest BCUT2D eigenvalue weighted by Crippen LogP contribution is 2.11. The van der Waals surface area contributed by atoms with Crippen molar-refractivity contribution in [3.8, 4) is 0 Å². The van der Waals surface area contributed by atoms with Crippen LogP contribution in [0.5, 0.6) is 0 Å². The Bertz CT molecular complexity index is 355. The van der Waals surface area contributed by atoms with E-state index in [4.69, 9.17) is 0 Å². The molecule has 0 radical (unpaired) electrons. The van der Waals surface area contributed by atoms with Crippen LogP contribution in [0.4, 0.5) is 0 Å². The molecule has 2 aromatic rings. The van der Waals surface area contributed by atoms with Crippen molar-refractivity contribution < 1.29 is 1.43 Å². The molecule has 0 amide bonds. The molecule has 0 aliphatic heterocycles. The van der Waals surface area contributed by atoms with Gasteiger partial charge in [0.2, 0.25) is 0 Å². The molecule has 0 aromatic carbocycles. The highest BCUT2D eigenvalue weighted by Gasteiger charge is 1.96. The summed E-state index contributed by atoms with van der Waals surface area (Å²) in [6.07, 6.45) is 5.28. The van der Waals surface area contributed by atoms with Crippen LogP contribution in [0.15, 0.2) is 18.7 Å². The minimum atomic E-state index is 0. The van der Waals surface area contributed by atoms with Crippen LogP contribution in [0.3, 0.4) is 0 Å². The van der Waals surface area contributed by atoms with Gasteiger partial charge in [-0.05, 0) is 12.5 Å². The van der Waals surface area contributed by atoms with Crippen LogP contribution in [0.25, 0.3) is 11.0 Å². The lowest BCUT2D eigenvalue weighted by Gasteiger charge is -1.85. The largest absolute Gasteiger partial charge is 0.346 e. The molecule has 0 spiro atoms. The zero-order chi connectivity index (χ0) is 6.97. The summed E-state index contributed by atoms with van der Waals surface area (Å²) in [6.45, 7) is 2.03. The number of aryl methyl sites for hydroxylation is 1. The Morgan fingerprint density at radius 2 is 2.50 bits per heavy atom. The first-order chi connectivity index (χ1) is 4.88. The number of fused-ring (bicyclic) bond motifs is 1. The molecule has 3 nitrogen and oxygen atoms in total. The van der Waals surface area contributed by atoms with Gasteiger partial charge in [-0.15, -0.1) is 0 Å². The van der Waals surface area contributed by atoms with Crippen LogP contribution in [-0.2, 0) is 0 Å². The van der Waals surface area contributed by atoms with Gasteiger partial charge in [-0.2, -0.15) is 0 Å². The van der Waals surface area contributed by atoms with Crippen molar-refractivity contribution in [2.75, 3.05) is 0 Å². The summed E-state index contributed by atoms with van der Waals surface area (Å²) in [6, 6.07) is 0. The fraction of sp³-hybridized carbons (Fsp3) is 0.143. The van der Waals surface area contributed by atoms with Crippen molar-refractivity contribution in [1.29, 1.82) is 0 Å². The molecule has 2 rings (SSSR count). The Morgan fingerprint density at radius 1 is 1.60 bits per heavy atom. The first-order valence-corrected chi connectivity index (χ1v) is 3.11. The molecular formula is C7H9N3. The van der Waals surface area contributed by atoms with Crippen molar-refractivity contribution in [3.63, 3.8) is 0 Å². The molecule has 0 aliphatic carbocycles. The number of nitrogens with one attached hydrogen (secondary N) is 1. The first kappa shape index (κ1) is 5.41. The first-order valence-electron chi connectivity index (χ1n) is 3.11. The molecule has 0 unspecified atom stereocenters. The second-order valence-corrected chi connectivity index (χ2v) is 2.26. The fourth-order valence-electron chi connectivity index (χ4n) is 0.988. The van der Waals surface area contributed by atoms with E-state index in [9.17, 15) is 0 Å². The minimum absolute atomic E-state index is 0. The van der Waals surface area contributed by atoms with Crippen molar-refractivity contribution >= 4 is 11.0 Å². The SMILES string of the molecule is Cc1c[nH]c2ncncc12.[HH]. The van der Waals surface area contributed by atoms with E-state index in [-0.39, 0.29) is 1.43 Å². The molecule has 0 atom stereocenters. The van der Waals surface area contributed by atoms with E-state index in [0.29, 0.717) is 0 Å². The molecule has 3 heteroatoms. The van der Waals surface area contributed by atoms with Gasteiger partial charge in [0.1, 0.15) is 12.0 Å². The molecule has 0 fully saturated rings. The summed E-state index contributed by atoms with van der Waals surface area (Å²) in [7, 11) is 0. The molecule has 0 aliphatic rings. The molecular weight excluding hydrogens is 126 g/mol. The van der Waals surface area contributed by atoms with Gasteiger partial charge in [-0.3, -0.25) is 0 Å². The van der Waals surface area contributed by atoms with E-state index in [1.807, 2.05) is 19.3 Å². The molecule has 0 saturated carbocycles. The highest BCUT2D eigenvalue weighted by atomic mass is 14.9. The number of hydrogen-bond acceptors (Lipinski definition) is 2. The summed E-state index contributed by atoms with van der Waals surface area (Å²) < 4.78 is 0. The molecule has 10 heavy (non-hydrogen) atoms. The van der Waals surface area contributed by atoms with Crippen LogP contribution in [0.2, 0.25) is 0 Å². The number of nitrogens with zero attached hydrogens (tertiary/aromatic N) is 2. The fourth-order valence-corrected chi connectivity index (χ4v) is 0.988. The molecule has 0 saturated heterocycles. The minimum Gasteiger partial charge on any atom is -0.346 e. The molecule has 2 aromatic heterocycles. The number of rotatable bonds is 0. The van der Waals surface area contributed by atoms with E-state index >= 15 is 0 Å². The van der Waals surface area contributed by atoms with E-state index in [2.05, 4.69) is 15.0 Å². The Balaban J connectivity index is 0.000000605. The monoisotopic (exact) mass is 135 g/mol. The average Bonchev–Trinajstić information content (AvgIpc) is 2.34. The maximum atomic E-state index is 4.04. The maximum absolute atomic E-state index is 4.04. The van der Waals surface area contributed by atoms with Crippen molar-refractivity contribution in [2.45, 2.75) is 6.92 Å². The summed E-state index contributed by atoms with van der Waals surface area (Å²) >= 11 is 0. The van der Waals surface area contributed by atoms with Crippen LogP contribution in [-0.4, -0.2) is 15.0 Å².